The lowest BCUT2D eigenvalue weighted by Crippen LogP contribution is -3.14. The van der Waals surface area contributed by atoms with E-state index in [-0.39, 0.29) is 5.75 Å². The van der Waals surface area contributed by atoms with Crippen molar-refractivity contribution in [3.05, 3.63) is 29.8 Å². The zero-order valence-electron chi connectivity index (χ0n) is 11.9. The van der Waals surface area contributed by atoms with Crippen molar-refractivity contribution in [3.63, 3.8) is 0 Å². The molecule has 0 bridgehead atoms. The summed E-state index contributed by atoms with van der Waals surface area (Å²) in [4.78, 5) is 1.53. The fourth-order valence-electron chi connectivity index (χ4n) is 2.34. The van der Waals surface area contributed by atoms with Crippen LogP contribution >= 0.6 is 0 Å². The van der Waals surface area contributed by atoms with E-state index in [1.807, 2.05) is 0 Å². The van der Waals surface area contributed by atoms with Crippen molar-refractivity contribution >= 4 is 0 Å². The Morgan fingerprint density at radius 3 is 2.62 bits per heavy atom. The Labute approximate surface area is 122 Å². The molecule has 6 heteroatoms. The van der Waals surface area contributed by atoms with E-state index in [1.165, 1.54) is 11.0 Å². The maximum atomic E-state index is 12.5. The molecule has 1 N–H and O–H groups in total. The molecule has 0 aromatic heterocycles. The first-order valence-electron chi connectivity index (χ1n) is 7.27. The fraction of sp³-hybridized carbons (Fsp3) is 0.600. The number of morpholine rings is 1. The Balaban J connectivity index is 1.66. The van der Waals surface area contributed by atoms with Crippen LogP contribution in [0.1, 0.15) is 18.4 Å². The molecule has 3 nitrogen and oxygen atoms in total. The Kier molecular flexibility index (Phi) is 5.87. The van der Waals surface area contributed by atoms with Gasteiger partial charge < -0.3 is 14.4 Å². The molecule has 0 spiro atoms. The van der Waals surface area contributed by atoms with E-state index in [4.69, 9.17) is 9.47 Å². The third-order valence-electron chi connectivity index (χ3n) is 3.55. The number of hydrogen-bond acceptors (Lipinski definition) is 2. The van der Waals surface area contributed by atoms with Crippen LogP contribution < -0.4 is 9.64 Å². The highest BCUT2D eigenvalue weighted by Crippen LogP contribution is 2.31. The Bertz CT molecular complexity index is 431. The molecule has 0 radical (unpaired) electrons. The van der Waals surface area contributed by atoms with Gasteiger partial charge in [0.2, 0.25) is 0 Å². The van der Waals surface area contributed by atoms with Gasteiger partial charge in [-0.1, -0.05) is 6.07 Å². The topological polar surface area (TPSA) is 22.9 Å². The molecule has 1 aromatic rings. The molecular formula is C15H21F3NO2+. The van der Waals surface area contributed by atoms with E-state index in [2.05, 4.69) is 0 Å². The summed E-state index contributed by atoms with van der Waals surface area (Å²) in [6, 6.07) is 5.03. The molecule has 118 valence electrons. The van der Waals surface area contributed by atoms with Crippen LogP contribution in [0, 0.1) is 0 Å². The third-order valence-corrected chi connectivity index (χ3v) is 3.55. The number of quaternary nitrogens is 1. The molecule has 0 saturated carbocycles. The average Bonchev–Trinajstić information content (AvgIpc) is 2.47. The van der Waals surface area contributed by atoms with Gasteiger partial charge in [-0.05, 0) is 31.0 Å². The largest absolute Gasteiger partial charge is 0.494 e. The van der Waals surface area contributed by atoms with E-state index >= 15 is 0 Å². The molecule has 1 aromatic carbocycles. The minimum Gasteiger partial charge on any atom is -0.494 e. The van der Waals surface area contributed by atoms with Crippen LogP contribution in [0.25, 0.3) is 0 Å². The summed E-state index contributed by atoms with van der Waals surface area (Å²) in [6.45, 7) is 5.22. The minimum absolute atomic E-state index is 0.281. The van der Waals surface area contributed by atoms with E-state index in [0.29, 0.717) is 6.61 Å². The van der Waals surface area contributed by atoms with E-state index in [0.717, 1.165) is 57.8 Å². The molecule has 0 amide bonds. The minimum atomic E-state index is -4.32. The van der Waals surface area contributed by atoms with Gasteiger partial charge in [-0.2, -0.15) is 13.2 Å². The van der Waals surface area contributed by atoms with Crippen molar-refractivity contribution in [2.75, 3.05) is 39.5 Å². The fourth-order valence-corrected chi connectivity index (χ4v) is 2.34. The highest BCUT2D eigenvalue weighted by Gasteiger charge is 2.30. The first kappa shape index (κ1) is 16.1. The van der Waals surface area contributed by atoms with Gasteiger partial charge in [0.1, 0.15) is 18.8 Å². The number of halogens is 3. The monoisotopic (exact) mass is 304 g/mol. The standard InChI is InChI=1S/C15H20F3NO2/c16-15(17,18)13-4-3-5-14(12-13)21-9-2-1-6-19-7-10-20-11-8-19/h3-5,12H,1-2,6-11H2/p+1. The molecule has 1 saturated heterocycles. The zero-order valence-corrected chi connectivity index (χ0v) is 11.9. The highest BCUT2D eigenvalue weighted by molar-refractivity contribution is 5.30. The molecule has 1 fully saturated rings. The summed E-state index contributed by atoms with van der Waals surface area (Å²) < 4.78 is 48.3. The van der Waals surface area contributed by atoms with Gasteiger partial charge in [0.15, 0.2) is 0 Å². The van der Waals surface area contributed by atoms with Crippen molar-refractivity contribution in [1.29, 1.82) is 0 Å². The molecule has 1 aliphatic heterocycles. The smallest absolute Gasteiger partial charge is 0.416 e. The molecular weight excluding hydrogens is 283 g/mol. The number of unbranched alkanes of at least 4 members (excludes halogenated alkanes) is 1. The maximum Gasteiger partial charge on any atom is 0.416 e. The third kappa shape index (κ3) is 5.55. The predicted molar refractivity (Wildman–Crippen MR) is 72.6 cm³/mol. The van der Waals surface area contributed by atoms with Gasteiger partial charge in [-0.25, -0.2) is 0 Å². The first-order valence-corrected chi connectivity index (χ1v) is 7.27. The molecule has 21 heavy (non-hydrogen) atoms. The van der Waals surface area contributed by atoms with Crippen molar-refractivity contribution in [1.82, 2.24) is 0 Å². The lowest BCUT2D eigenvalue weighted by Gasteiger charge is -2.23. The van der Waals surface area contributed by atoms with Crippen LogP contribution in [-0.4, -0.2) is 39.5 Å². The van der Waals surface area contributed by atoms with Crippen LogP contribution in [0.5, 0.6) is 5.75 Å². The molecule has 0 atom stereocenters. The molecule has 1 aliphatic rings. The van der Waals surface area contributed by atoms with Crippen molar-refractivity contribution in [2.24, 2.45) is 0 Å². The summed E-state index contributed by atoms with van der Waals surface area (Å²) in [5.74, 6) is 0.281. The van der Waals surface area contributed by atoms with Crippen molar-refractivity contribution < 1.29 is 27.5 Å². The second-order valence-corrected chi connectivity index (χ2v) is 5.19. The van der Waals surface area contributed by atoms with Gasteiger partial charge >= 0.3 is 6.18 Å². The normalized spacial score (nSPS) is 16.9. The Hall–Kier alpha value is -1.27. The van der Waals surface area contributed by atoms with Gasteiger partial charge in [0, 0.05) is 0 Å². The van der Waals surface area contributed by atoms with Crippen LogP contribution in [0.2, 0.25) is 0 Å². The number of benzene rings is 1. The van der Waals surface area contributed by atoms with E-state index < -0.39 is 11.7 Å². The van der Waals surface area contributed by atoms with Gasteiger partial charge in [-0.3, -0.25) is 0 Å². The van der Waals surface area contributed by atoms with Gasteiger partial charge in [-0.15, -0.1) is 0 Å². The van der Waals surface area contributed by atoms with Gasteiger partial charge in [0.05, 0.1) is 31.9 Å². The lowest BCUT2D eigenvalue weighted by atomic mass is 10.2. The van der Waals surface area contributed by atoms with E-state index in [1.54, 1.807) is 6.07 Å². The number of rotatable bonds is 6. The zero-order chi connectivity index (χ0) is 15.1. The van der Waals surface area contributed by atoms with E-state index in [9.17, 15) is 13.2 Å². The first-order chi connectivity index (χ1) is 10.1. The molecule has 0 unspecified atom stereocenters. The predicted octanol–water partition coefficient (Wildman–Crippen LogP) is 1.78. The van der Waals surface area contributed by atoms with Crippen LogP contribution in [0.3, 0.4) is 0 Å². The summed E-state index contributed by atoms with van der Waals surface area (Å²) in [5, 5.41) is 0. The second kappa shape index (κ2) is 7.66. The highest BCUT2D eigenvalue weighted by atomic mass is 19.4. The van der Waals surface area contributed by atoms with Crippen LogP contribution in [0.4, 0.5) is 13.2 Å². The SMILES string of the molecule is FC(F)(F)c1cccc(OCCCC[NH+]2CCOCC2)c1. The Morgan fingerprint density at radius 1 is 1.14 bits per heavy atom. The van der Waals surface area contributed by atoms with Gasteiger partial charge in [0.25, 0.3) is 0 Å². The lowest BCUT2D eigenvalue weighted by molar-refractivity contribution is -0.908. The summed E-state index contributed by atoms with van der Waals surface area (Å²) >= 11 is 0. The summed E-state index contributed by atoms with van der Waals surface area (Å²) in [7, 11) is 0. The number of hydrogen-bond donors (Lipinski definition) is 1. The molecule has 2 rings (SSSR count). The number of alkyl halides is 3. The van der Waals surface area contributed by atoms with Crippen molar-refractivity contribution in [2.45, 2.75) is 19.0 Å². The molecule has 1 heterocycles. The maximum absolute atomic E-state index is 12.5. The number of ether oxygens (including phenoxy) is 2. The second-order valence-electron chi connectivity index (χ2n) is 5.19. The summed E-state index contributed by atoms with van der Waals surface area (Å²) in [6.07, 6.45) is -2.46. The average molecular weight is 304 g/mol. The van der Waals surface area contributed by atoms with Crippen molar-refractivity contribution in [3.8, 4) is 5.75 Å². The quantitative estimate of drug-likeness (QED) is 0.810. The van der Waals surface area contributed by atoms with Crippen LogP contribution in [-0.2, 0) is 10.9 Å². The summed E-state index contributed by atoms with van der Waals surface area (Å²) in [5.41, 5.74) is -0.669. The Morgan fingerprint density at radius 2 is 1.90 bits per heavy atom. The number of nitrogens with one attached hydrogen (secondary N) is 1. The molecule has 0 aliphatic carbocycles. The van der Waals surface area contributed by atoms with Crippen LogP contribution in [0.15, 0.2) is 24.3 Å².